The van der Waals surface area contributed by atoms with Gasteiger partial charge in [0.15, 0.2) is 0 Å². The highest BCUT2D eigenvalue weighted by Crippen LogP contribution is 2.28. The first-order valence-corrected chi connectivity index (χ1v) is 6.95. The summed E-state index contributed by atoms with van der Waals surface area (Å²) in [6.45, 7) is 3.00. The topological polar surface area (TPSA) is 62.3 Å². The summed E-state index contributed by atoms with van der Waals surface area (Å²) < 4.78 is 18.8. The summed E-state index contributed by atoms with van der Waals surface area (Å²) in [5.41, 5.74) is 6.83. The molecule has 0 heterocycles. The Hall–Kier alpha value is -1.46. The van der Waals surface area contributed by atoms with E-state index >= 15 is 0 Å². The van der Waals surface area contributed by atoms with Gasteiger partial charge in [0.2, 0.25) is 0 Å². The van der Waals surface area contributed by atoms with Gasteiger partial charge in [0.1, 0.15) is 11.7 Å². The molecule has 0 aliphatic heterocycles. The highest BCUT2D eigenvalue weighted by atomic mass is 19.1. The SMILES string of the molecule is CN(CCOCC1CC1)Cc1ccc(F)cc1C(=N)N. The summed E-state index contributed by atoms with van der Waals surface area (Å²) in [5, 5.41) is 7.51. The molecule has 4 nitrogen and oxygen atoms in total. The zero-order valence-corrected chi connectivity index (χ0v) is 11.9. The second kappa shape index (κ2) is 6.81. The number of nitrogens with two attached hydrogens (primary N) is 1. The van der Waals surface area contributed by atoms with Crippen LogP contribution in [0.2, 0.25) is 0 Å². The summed E-state index contributed by atoms with van der Waals surface area (Å²) >= 11 is 0. The average Bonchev–Trinajstić information content (AvgIpc) is 3.21. The molecule has 0 spiro atoms. The third kappa shape index (κ3) is 4.58. The Morgan fingerprint density at radius 2 is 2.25 bits per heavy atom. The summed E-state index contributed by atoms with van der Waals surface area (Å²) in [5.74, 6) is 0.314. The van der Waals surface area contributed by atoms with E-state index in [0.29, 0.717) is 18.7 Å². The molecule has 5 heteroatoms. The van der Waals surface area contributed by atoms with Gasteiger partial charge in [0.25, 0.3) is 0 Å². The minimum Gasteiger partial charge on any atom is -0.384 e. The predicted molar refractivity (Wildman–Crippen MR) is 77.3 cm³/mol. The molecular weight excluding hydrogens is 257 g/mol. The van der Waals surface area contributed by atoms with E-state index < -0.39 is 0 Å². The van der Waals surface area contributed by atoms with E-state index in [2.05, 4.69) is 4.90 Å². The molecule has 1 fully saturated rings. The second-order valence-corrected chi connectivity index (χ2v) is 5.47. The molecule has 0 atom stereocenters. The fraction of sp³-hybridized carbons (Fsp3) is 0.533. The lowest BCUT2D eigenvalue weighted by Crippen LogP contribution is -2.25. The van der Waals surface area contributed by atoms with Crippen molar-refractivity contribution in [2.24, 2.45) is 11.7 Å². The van der Waals surface area contributed by atoms with Crippen molar-refractivity contribution in [3.63, 3.8) is 0 Å². The van der Waals surface area contributed by atoms with E-state index in [1.54, 1.807) is 6.07 Å². The lowest BCUT2D eigenvalue weighted by atomic mass is 10.1. The molecule has 110 valence electrons. The maximum atomic E-state index is 13.2. The summed E-state index contributed by atoms with van der Waals surface area (Å²) in [6, 6.07) is 4.40. The molecule has 3 N–H and O–H groups in total. The first-order chi connectivity index (χ1) is 9.56. The molecule has 1 aliphatic rings. The van der Waals surface area contributed by atoms with Gasteiger partial charge in [-0.3, -0.25) is 10.3 Å². The summed E-state index contributed by atoms with van der Waals surface area (Å²) in [4.78, 5) is 2.09. The van der Waals surface area contributed by atoms with Crippen molar-refractivity contribution in [2.45, 2.75) is 19.4 Å². The number of benzene rings is 1. The highest BCUT2D eigenvalue weighted by Gasteiger charge is 2.21. The van der Waals surface area contributed by atoms with Crippen LogP contribution >= 0.6 is 0 Å². The standard InChI is InChI=1S/C15H22FN3O/c1-19(6-7-20-10-11-2-3-11)9-12-4-5-13(16)8-14(12)15(17)18/h4-5,8,11H,2-3,6-7,9-10H2,1H3,(H3,17,18). The molecule has 2 rings (SSSR count). The van der Waals surface area contributed by atoms with Gasteiger partial charge in [-0.05, 0) is 43.5 Å². The van der Waals surface area contributed by atoms with Crippen molar-refractivity contribution in [3.05, 3.63) is 35.1 Å². The van der Waals surface area contributed by atoms with E-state index in [0.717, 1.165) is 24.6 Å². The Kier molecular flexibility index (Phi) is 5.09. The maximum Gasteiger partial charge on any atom is 0.123 e. The Morgan fingerprint density at radius 3 is 2.90 bits per heavy atom. The smallest absolute Gasteiger partial charge is 0.123 e. The van der Waals surface area contributed by atoms with Gasteiger partial charge in [-0.25, -0.2) is 4.39 Å². The quantitative estimate of drug-likeness (QED) is 0.434. The number of nitrogens with one attached hydrogen (secondary N) is 1. The van der Waals surface area contributed by atoms with Crippen LogP contribution < -0.4 is 5.73 Å². The molecule has 0 unspecified atom stereocenters. The van der Waals surface area contributed by atoms with Crippen LogP contribution in [0.25, 0.3) is 0 Å². The van der Waals surface area contributed by atoms with Crippen LogP contribution in [0.15, 0.2) is 18.2 Å². The third-order valence-corrected chi connectivity index (χ3v) is 3.47. The third-order valence-electron chi connectivity index (χ3n) is 3.47. The minimum atomic E-state index is -0.366. The van der Waals surface area contributed by atoms with E-state index in [9.17, 15) is 4.39 Å². The first kappa shape index (κ1) is 14.9. The number of rotatable bonds is 8. The number of nitrogen functional groups attached to an aromatic ring is 1. The van der Waals surface area contributed by atoms with Crippen molar-refractivity contribution in [1.82, 2.24) is 4.90 Å². The number of hydrogen-bond donors (Lipinski definition) is 2. The van der Waals surface area contributed by atoms with E-state index in [1.807, 2.05) is 7.05 Å². The van der Waals surface area contributed by atoms with E-state index in [-0.39, 0.29) is 11.7 Å². The van der Waals surface area contributed by atoms with Crippen molar-refractivity contribution in [3.8, 4) is 0 Å². The number of ether oxygens (including phenoxy) is 1. The molecule has 0 radical (unpaired) electrons. The fourth-order valence-electron chi connectivity index (χ4n) is 2.06. The Labute approximate surface area is 119 Å². The van der Waals surface area contributed by atoms with Gasteiger partial charge in [-0.1, -0.05) is 6.07 Å². The zero-order chi connectivity index (χ0) is 14.5. The number of amidine groups is 1. The van der Waals surface area contributed by atoms with Crippen LogP contribution in [-0.2, 0) is 11.3 Å². The number of hydrogen-bond acceptors (Lipinski definition) is 3. The van der Waals surface area contributed by atoms with E-state index in [4.69, 9.17) is 15.9 Å². The molecule has 0 amide bonds. The zero-order valence-electron chi connectivity index (χ0n) is 11.9. The van der Waals surface area contributed by atoms with Gasteiger partial charge in [0.05, 0.1) is 6.61 Å². The number of nitrogens with zero attached hydrogens (tertiary/aromatic N) is 1. The average molecular weight is 279 g/mol. The molecule has 1 aromatic carbocycles. The monoisotopic (exact) mass is 279 g/mol. The molecule has 1 saturated carbocycles. The molecular formula is C15H22FN3O. The van der Waals surface area contributed by atoms with Crippen molar-refractivity contribution < 1.29 is 9.13 Å². The number of halogens is 1. The van der Waals surface area contributed by atoms with Crippen LogP contribution in [0.1, 0.15) is 24.0 Å². The van der Waals surface area contributed by atoms with Gasteiger partial charge in [-0.2, -0.15) is 0 Å². The predicted octanol–water partition coefficient (Wildman–Crippen LogP) is 1.97. The largest absolute Gasteiger partial charge is 0.384 e. The van der Waals surface area contributed by atoms with Gasteiger partial charge in [-0.15, -0.1) is 0 Å². The Morgan fingerprint density at radius 1 is 1.50 bits per heavy atom. The highest BCUT2D eigenvalue weighted by molar-refractivity contribution is 5.96. The summed E-state index contributed by atoms with van der Waals surface area (Å²) in [6.07, 6.45) is 2.60. The number of likely N-dealkylation sites (N-methyl/N-ethyl adjacent to an activating group) is 1. The minimum absolute atomic E-state index is 0.0992. The first-order valence-electron chi connectivity index (χ1n) is 6.95. The fourth-order valence-corrected chi connectivity index (χ4v) is 2.06. The molecule has 1 aliphatic carbocycles. The van der Waals surface area contributed by atoms with Crippen LogP contribution in [0, 0.1) is 17.1 Å². The Balaban J connectivity index is 1.82. The van der Waals surface area contributed by atoms with Crippen LogP contribution in [0.4, 0.5) is 4.39 Å². The summed E-state index contributed by atoms with van der Waals surface area (Å²) in [7, 11) is 1.98. The van der Waals surface area contributed by atoms with Gasteiger partial charge < -0.3 is 10.5 Å². The Bertz CT molecular complexity index is 474. The van der Waals surface area contributed by atoms with E-state index in [1.165, 1.54) is 25.0 Å². The van der Waals surface area contributed by atoms with Gasteiger partial charge >= 0.3 is 0 Å². The molecule has 0 bridgehead atoms. The van der Waals surface area contributed by atoms with Crippen LogP contribution in [0.3, 0.4) is 0 Å². The van der Waals surface area contributed by atoms with Crippen LogP contribution in [0.5, 0.6) is 0 Å². The lowest BCUT2D eigenvalue weighted by molar-refractivity contribution is 0.102. The van der Waals surface area contributed by atoms with Crippen molar-refractivity contribution in [2.75, 3.05) is 26.8 Å². The lowest BCUT2D eigenvalue weighted by Gasteiger charge is -2.18. The molecule has 20 heavy (non-hydrogen) atoms. The normalized spacial score (nSPS) is 14.8. The molecule has 1 aromatic rings. The van der Waals surface area contributed by atoms with Crippen molar-refractivity contribution in [1.29, 1.82) is 5.41 Å². The maximum absolute atomic E-state index is 13.2. The molecule has 0 saturated heterocycles. The van der Waals surface area contributed by atoms with Crippen LogP contribution in [-0.4, -0.2) is 37.5 Å². The second-order valence-electron chi connectivity index (χ2n) is 5.47. The van der Waals surface area contributed by atoms with Crippen molar-refractivity contribution >= 4 is 5.84 Å². The van der Waals surface area contributed by atoms with Gasteiger partial charge in [0, 0.05) is 25.3 Å². The molecule has 0 aromatic heterocycles.